The van der Waals surface area contributed by atoms with Crippen LogP contribution in [0.15, 0.2) is 24.5 Å². The van der Waals surface area contributed by atoms with Crippen LogP contribution < -0.4 is 0 Å². The number of halogens is 3. The van der Waals surface area contributed by atoms with E-state index in [9.17, 15) is 23.2 Å². The van der Waals surface area contributed by atoms with E-state index >= 15 is 0 Å². The van der Waals surface area contributed by atoms with Gasteiger partial charge in [0.15, 0.2) is 11.6 Å². The van der Waals surface area contributed by atoms with Gasteiger partial charge < -0.3 is 4.98 Å². The Bertz CT molecular complexity index is 1270. The van der Waals surface area contributed by atoms with Crippen molar-refractivity contribution in [3.8, 4) is 17.3 Å². The molecule has 2 fully saturated rings. The minimum atomic E-state index is -0.820. The Morgan fingerprint density at radius 2 is 1.97 bits per heavy atom. The second kappa shape index (κ2) is 8.29. The number of aromatic amines is 1. The van der Waals surface area contributed by atoms with E-state index in [0.29, 0.717) is 42.3 Å². The number of carbonyl (C=O) groups is 1. The Hall–Kier alpha value is -3.21. The second-order valence-electron chi connectivity index (χ2n) is 9.42. The first kappa shape index (κ1) is 21.6. The molecule has 2 aliphatic rings. The van der Waals surface area contributed by atoms with Gasteiger partial charge in [0, 0.05) is 29.6 Å². The highest BCUT2D eigenvalue weighted by molar-refractivity contribution is 5.92. The quantitative estimate of drug-likeness (QED) is 0.524. The van der Waals surface area contributed by atoms with Crippen molar-refractivity contribution in [3.05, 3.63) is 47.7 Å². The van der Waals surface area contributed by atoms with Crippen molar-refractivity contribution in [1.29, 1.82) is 5.26 Å². The topological polar surface area (TPSA) is 82.4 Å². The fourth-order valence-electron chi connectivity index (χ4n) is 5.09. The first-order valence-corrected chi connectivity index (χ1v) is 11.3. The van der Waals surface area contributed by atoms with Crippen LogP contribution in [0.2, 0.25) is 0 Å². The number of nitrogens with one attached hydrogen (secondary N) is 1. The number of Topliss-reactive ketones (excluding diaryl/α,β-unsaturated/α-hetero) is 1. The number of aromatic nitrogens is 3. The van der Waals surface area contributed by atoms with Crippen LogP contribution in [-0.2, 0) is 11.2 Å². The Balaban J connectivity index is 1.36. The standard InChI is InChI=1S/C25H23F3N4O/c26-16-9-17-18(12-31-24(17)30-11-16)23-20(28)10-19(27)21(32-23)7-14-2-1-3-15(6-14)8-22(33)25(13-29)4-5-25/h9-12,14-15H,1-8H2,(H,30,31)/t14-,15+/m0/s1. The van der Waals surface area contributed by atoms with Gasteiger partial charge in [-0.15, -0.1) is 0 Å². The summed E-state index contributed by atoms with van der Waals surface area (Å²) in [4.78, 5) is 23.6. The van der Waals surface area contributed by atoms with Crippen molar-refractivity contribution < 1.29 is 18.0 Å². The summed E-state index contributed by atoms with van der Waals surface area (Å²) in [6.45, 7) is 0. The minimum Gasteiger partial charge on any atom is -0.345 e. The maximum Gasteiger partial charge on any atom is 0.153 e. The zero-order valence-electron chi connectivity index (χ0n) is 18.0. The van der Waals surface area contributed by atoms with Gasteiger partial charge in [0.25, 0.3) is 0 Å². The number of H-pyrrole nitrogens is 1. The zero-order valence-corrected chi connectivity index (χ0v) is 18.0. The molecule has 0 radical (unpaired) electrons. The molecule has 5 rings (SSSR count). The van der Waals surface area contributed by atoms with Gasteiger partial charge >= 0.3 is 0 Å². The molecule has 2 saturated carbocycles. The number of hydrogen-bond acceptors (Lipinski definition) is 4. The Kier molecular flexibility index (Phi) is 5.43. The normalized spacial score (nSPS) is 21.6. The van der Waals surface area contributed by atoms with Crippen molar-refractivity contribution >= 4 is 16.8 Å². The Labute approximate surface area is 189 Å². The average Bonchev–Trinajstić information content (AvgIpc) is 3.50. The van der Waals surface area contributed by atoms with E-state index < -0.39 is 22.9 Å². The average molecular weight is 452 g/mol. The van der Waals surface area contributed by atoms with E-state index in [1.54, 1.807) is 0 Å². The summed E-state index contributed by atoms with van der Waals surface area (Å²) >= 11 is 0. The van der Waals surface area contributed by atoms with Crippen LogP contribution in [0.1, 0.15) is 50.6 Å². The number of fused-ring (bicyclic) bond motifs is 1. The van der Waals surface area contributed by atoms with Gasteiger partial charge in [-0.25, -0.2) is 23.1 Å². The van der Waals surface area contributed by atoms with Crippen LogP contribution in [0, 0.1) is 46.0 Å². The second-order valence-corrected chi connectivity index (χ2v) is 9.42. The van der Waals surface area contributed by atoms with Crippen LogP contribution >= 0.6 is 0 Å². The summed E-state index contributed by atoms with van der Waals surface area (Å²) in [7, 11) is 0. The van der Waals surface area contributed by atoms with Gasteiger partial charge in [0.2, 0.25) is 0 Å². The van der Waals surface area contributed by atoms with Crippen molar-refractivity contribution in [3.63, 3.8) is 0 Å². The molecule has 2 atom stereocenters. The maximum atomic E-state index is 14.7. The first-order valence-electron chi connectivity index (χ1n) is 11.3. The lowest BCUT2D eigenvalue weighted by Gasteiger charge is -2.29. The van der Waals surface area contributed by atoms with Gasteiger partial charge in [0.05, 0.1) is 18.0 Å². The molecule has 5 nitrogen and oxygen atoms in total. The lowest BCUT2D eigenvalue weighted by molar-refractivity contribution is -0.123. The third kappa shape index (κ3) is 4.12. The van der Waals surface area contributed by atoms with Crippen LogP contribution in [0.4, 0.5) is 13.2 Å². The number of nitrogens with zero attached hydrogens (tertiary/aromatic N) is 3. The smallest absolute Gasteiger partial charge is 0.153 e. The van der Waals surface area contributed by atoms with Gasteiger partial charge in [-0.2, -0.15) is 5.26 Å². The van der Waals surface area contributed by atoms with Crippen LogP contribution in [-0.4, -0.2) is 20.7 Å². The fourth-order valence-corrected chi connectivity index (χ4v) is 5.09. The molecule has 33 heavy (non-hydrogen) atoms. The SMILES string of the molecule is N#CC1(C(=O)C[C@@H]2CCC[C@H](Cc3nc(-c4c[nH]c5ncc(F)cc45)c(F)cc3F)C2)CC1. The molecule has 170 valence electrons. The van der Waals surface area contributed by atoms with E-state index in [-0.39, 0.29) is 29.0 Å². The molecule has 3 aromatic heterocycles. The number of rotatable bonds is 6. The molecule has 0 spiro atoms. The highest BCUT2D eigenvalue weighted by Crippen LogP contribution is 2.48. The molecule has 3 heterocycles. The number of pyridine rings is 2. The fraction of sp³-hybridized carbons (Fsp3) is 0.440. The molecule has 3 aromatic rings. The summed E-state index contributed by atoms with van der Waals surface area (Å²) in [5.74, 6) is -1.76. The molecular weight excluding hydrogens is 429 g/mol. The van der Waals surface area contributed by atoms with E-state index in [1.165, 1.54) is 12.3 Å². The molecule has 8 heteroatoms. The highest BCUT2D eigenvalue weighted by Gasteiger charge is 2.50. The molecule has 0 aromatic carbocycles. The predicted octanol–water partition coefficient (Wildman–Crippen LogP) is 5.65. The molecule has 0 saturated heterocycles. The molecule has 0 unspecified atom stereocenters. The van der Waals surface area contributed by atoms with Gasteiger partial charge in [-0.1, -0.05) is 19.3 Å². The monoisotopic (exact) mass is 452 g/mol. The van der Waals surface area contributed by atoms with Crippen LogP contribution in [0.3, 0.4) is 0 Å². The molecule has 2 aliphatic carbocycles. The number of hydrogen-bond donors (Lipinski definition) is 1. The third-order valence-corrected chi connectivity index (χ3v) is 7.10. The van der Waals surface area contributed by atoms with E-state index in [4.69, 9.17) is 0 Å². The number of ketones is 1. The largest absolute Gasteiger partial charge is 0.345 e. The lowest BCUT2D eigenvalue weighted by Crippen LogP contribution is -2.24. The Morgan fingerprint density at radius 3 is 2.73 bits per heavy atom. The lowest BCUT2D eigenvalue weighted by atomic mass is 9.76. The van der Waals surface area contributed by atoms with Crippen molar-refractivity contribution in [2.45, 2.75) is 51.4 Å². The number of nitriles is 1. The zero-order chi connectivity index (χ0) is 23.2. The molecule has 1 N–H and O–H groups in total. The van der Waals surface area contributed by atoms with Crippen LogP contribution in [0.25, 0.3) is 22.3 Å². The van der Waals surface area contributed by atoms with Gasteiger partial charge in [-0.3, -0.25) is 4.79 Å². The molecule has 0 aliphatic heterocycles. The van der Waals surface area contributed by atoms with Crippen molar-refractivity contribution in [1.82, 2.24) is 15.0 Å². The summed E-state index contributed by atoms with van der Waals surface area (Å²) < 4.78 is 43.0. The van der Waals surface area contributed by atoms with Gasteiger partial charge in [0.1, 0.15) is 28.4 Å². The first-order chi connectivity index (χ1) is 15.9. The summed E-state index contributed by atoms with van der Waals surface area (Å²) in [5, 5.41) is 9.64. The highest BCUT2D eigenvalue weighted by atomic mass is 19.1. The van der Waals surface area contributed by atoms with Crippen LogP contribution in [0.5, 0.6) is 0 Å². The summed E-state index contributed by atoms with van der Waals surface area (Å²) in [6.07, 6.45) is 8.06. The van der Waals surface area contributed by atoms with Gasteiger partial charge in [-0.05, 0) is 43.6 Å². The molecular formula is C25H23F3N4O. The molecule has 0 bridgehead atoms. The Morgan fingerprint density at radius 1 is 1.18 bits per heavy atom. The summed E-state index contributed by atoms with van der Waals surface area (Å²) in [5.41, 5.74) is 0.0772. The minimum absolute atomic E-state index is 0.0317. The summed E-state index contributed by atoms with van der Waals surface area (Å²) in [6, 6.07) is 4.24. The third-order valence-electron chi connectivity index (χ3n) is 7.10. The predicted molar refractivity (Wildman–Crippen MR) is 115 cm³/mol. The van der Waals surface area contributed by atoms with E-state index in [1.807, 2.05) is 0 Å². The molecule has 0 amide bonds. The van der Waals surface area contributed by atoms with E-state index in [2.05, 4.69) is 21.0 Å². The van der Waals surface area contributed by atoms with Crippen molar-refractivity contribution in [2.75, 3.05) is 0 Å². The van der Waals surface area contributed by atoms with E-state index in [0.717, 1.165) is 37.9 Å². The maximum absolute atomic E-state index is 14.7. The van der Waals surface area contributed by atoms with Crippen molar-refractivity contribution in [2.24, 2.45) is 17.3 Å². The number of carbonyl (C=O) groups excluding carboxylic acids is 1.